The summed E-state index contributed by atoms with van der Waals surface area (Å²) in [5.41, 5.74) is 7.79. The van der Waals surface area contributed by atoms with Crippen LogP contribution < -0.4 is 10.6 Å². The summed E-state index contributed by atoms with van der Waals surface area (Å²) in [4.78, 5) is 41.8. The molecule has 0 unspecified atom stereocenters. The minimum absolute atomic E-state index is 0.100. The first kappa shape index (κ1) is 20.0. The molecule has 2 heterocycles. The normalized spacial score (nSPS) is 18.8. The van der Waals surface area contributed by atoms with Crippen molar-refractivity contribution in [3.63, 3.8) is 0 Å². The summed E-state index contributed by atoms with van der Waals surface area (Å²) < 4.78 is 5.26. The number of carbonyl (C=O) groups is 3. The van der Waals surface area contributed by atoms with Crippen molar-refractivity contribution in [3.8, 4) is 0 Å². The highest BCUT2D eigenvalue weighted by Crippen LogP contribution is 2.44. The van der Waals surface area contributed by atoms with E-state index in [2.05, 4.69) is 0 Å². The number of fused-ring (bicyclic) bond motifs is 1. The number of thioether (sulfide) groups is 1. The van der Waals surface area contributed by atoms with Gasteiger partial charge in [0.1, 0.15) is 5.00 Å². The smallest absolute Gasteiger partial charge is 0.341 e. The van der Waals surface area contributed by atoms with Crippen LogP contribution in [0.1, 0.15) is 47.0 Å². The third-order valence-corrected chi connectivity index (χ3v) is 7.53. The van der Waals surface area contributed by atoms with E-state index in [1.165, 1.54) is 28.0 Å². The van der Waals surface area contributed by atoms with E-state index in [-0.39, 0.29) is 24.8 Å². The van der Waals surface area contributed by atoms with E-state index < -0.39 is 11.2 Å². The summed E-state index contributed by atoms with van der Waals surface area (Å²) in [6, 6.07) is 7.26. The number of nitrogens with two attached hydrogens (primary N) is 1. The molecule has 6 nitrogen and oxygen atoms in total. The van der Waals surface area contributed by atoms with Crippen LogP contribution in [0, 0.1) is 0 Å². The summed E-state index contributed by atoms with van der Waals surface area (Å²) >= 11 is 2.72. The Hall–Kier alpha value is -2.32. The summed E-state index contributed by atoms with van der Waals surface area (Å²) in [5.74, 6) is -1.01. The molecule has 2 aromatic rings. The van der Waals surface area contributed by atoms with Crippen LogP contribution in [0.25, 0.3) is 0 Å². The maximum Gasteiger partial charge on any atom is 0.341 e. The number of aryl methyl sites for hydroxylation is 1. The lowest BCUT2D eigenvalue weighted by atomic mass is 9.95. The summed E-state index contributed by atoms with van der Waals surface area (Å²) in [7, 11) is 0. The Morgan fingerprint density at radius 2 is 2.10 bits per heavy atom. The van der Waals surface area contributed by atoms with Crippen molar-refractivity contribution in [2.24, 2.45) is 0 Å². The number of anilines is 2. The molecule has 0 saturated carbocycles. The van der Waals surface area contributed by atoms with Crippen molar-refractivity contribution >= 4 is 51.6 Å². The standard InChI is InChI=1S/C21H22N2O4S2/c1-2-27-21(26)18-14-8-3-4-9-15(14)29-20(18)23-17(24)11-16(19(23)25)28-13-7-5-6-12(22)10-13/h5-7,10,16H,2-4,8-9,11,22H2,1H3/t16-/m0/s1. The number of nitrogen functional groups attached to an aromatic ring is 1. The minimum Gasteiger partial charge on any atom is -0.462 e. The molecule has 29 heavy (non-hydrogen) atoms. The van der Waals surface area contributed by atoms with E-state index in [9.17, 15) is 14.4 Å². The number of hydrogen-bond donors (Lipinski definition) is 1. The van der Waals surface area contributed by atoms with Crippen LogP contribution in [-0.4, -0.2) is 29.6 Å². The fourth-order valence-electron chi connectivity index (χ4n) is 3.78. The number of carbonyl (C=O) groups excluding carboxylic acids is 3. The number of amides is 2. The van der Waals surface area contributed by atoms with E-state index in [1.807, 2.05) is 12.1 Å². The highest BCUT2D eigenvalue weighted by Gasteiger charge is 2.43. The van der Waals surface area contributed by atoms with Crippen molar-refractivity contribution in [1.29, 1.82) is 0 Å². The number of ether oxygens (including phenoxy) is 1. The van der Waals surface area contributed by atoms with Gasteiger partial charge in [-0.2, -0.15) is 0 Å². The lowest BCUT2D eigenvalue weighted by molar-refractivity contribution is -0.121. The molecule has 0 radical (unpaired) electrons. The molecule has 8 heteroatoms. The van der Waals surface area contributed by atoms with E-state index >= 15 is 0 Å². The molecule has 2 N–H and O–H groups in total. The van der Waals surface area contributed by atoms with Crippen LogP contribution in [-0.2, 0) is 27.2 Å². The fraction of sp³-hybridized carbons (Fsp3) is 0.381. The molecule has 1 atom stereocenters. The number of esters is 1. The second-order valence-corrected chi connectivity index (χ2v) is 9.42. The Morgan fingerprint density at radius 1 is 1.31 bits per heavy atom. The molecule has 1 saturated heterocycles. The van der Waals surface area contributed by atoms with Gasteiger partial charge in [0, 0.05) is 21.9 Å². The first-order valence-electron chi connectivity index (χ1n) is 9.70. The van der Waals surface area contributed by atoms with Gasteiger partial charge in [-0.15, -0.1) is 23.1 Å². The zero-order valence-corrected chi connectivity index (χ0v) is 17.7. The monoisotopic (exact) mass is 430 g/mol. The summed E-state index contributed by atoms with van der Waals surface area (Å²) in [5, 5.41) is -0.0977. The van der Waals surface area contributed by atoms with Crippen molar-refractivity contribution < 1.29 is 19.1 Å². The van der Waals surface area contributed by atoms with Gasteiger partial charge in [-0.25, -0.2) is 9.69 Å². The Balaban J connectivity index is 1.67. The SMILES string of the molecule is CCOC(=O)c1c(N2C(=O)C[C@H](Sc3cccc(N)c3)C2=O)sc2c1CCCC2. The number of hydrogen-bond acceptors (Lipinski definition) is 7. The number of nitrogens with zero attached hydrogens (tertiary/aromatic N) is 1. The van der Waals surface area contributed by atoms with E-state index in [0.717, 1.165) is 41.0 Å². The predicted molar refractivity (Wildman–Crippen MR) is 115 cm³/mol. The fourth-order valence-corrected chi connectivity index (χ4v) is 6.31. The van der Waals surface area contributed by atoms with Crippen molar-refractivity contribution in [3.05, 3.63) is 40.3 Å². The zero-order valence-electron chi connectivity index (χ0n) is 16.1. The quantitative estimate of drug-likeness (QED) is 0.441. The Morgan fingerprint density at radius 3 is 2.86 bits per heavy atom. The lowest BCUT2D eigenvalue weighted by Gasteiger charge is -2.16. The molecule has 152 valence electrons. The van der Waals surface area contributed by atoms with Gasteiger partial charge in [-0.1, -0.05) is 6.07 Å². The van der Waals surface area contributed by atoms with Crippen LogP contribution >= 0.6 is 23.1 Å². The number of rotatable bonds is 5. The highest BCUT2D eigenvalue weighted by molar-refractivity contribution is 8.00. The van der Waals surface area contributed by atoms with Gasteiger partial charge in [-0.3, -0.25) is 9.59 Å². The van der Waals surface area contributed by atoms with Gasteiger partial charge in [0.05, 0.1) is 17.4 Å². The average molecular weight is 431 g/mol. The molecular weight excluding hydrogens is 408 g/mol. The van der Waals surface area contributed by atoms with Crippen LogP contribution in [0.15, 0.2) is 29.2 Å². The average Bonchev–Trinajstić information content (AvgIpc) is 3.19. The molecule has 4 rings (SSSR count). The molecule has 1 aliphatic heterocycles. The molecule has 1 aromatic heterocycles. The van der Waals surface area contributed by atoms with Crippen LogP contribution in [0.4, 0.5) is 10.7 Å². The first-order valence-corrected chi connectivity index (χ1v) is 11.4. The van der Waals surface area contributed by atoms with Gasteiger partial charge in [0.15, 0.2) is 0 Å². The van der Waals surface area contributed by atoms with E-state index in [4.69, 9.17) is 10.5 Å². The van der Waals surface area contributed by atoms with Crippen LogP contribution in [0.2, 0.25) is 0 Å². The van der Waals surface area contributed by atoms with Gasteiger partial charge in [0.25, 0.3) is 0 Å². The maximum atomic E-state index is 13.2. The largest absolute Gasteiger partial charge is 0.462 e. The van der Waals surface area contributed by atoms with Crippen molar-refractivity contribution in [2.45, 2.75) is 49.2 Å². The van der Waals surface area contributed by atoms with Gasteiger partial charge < -0.3 is 10.5 Å². The molecular formula is C21H22N2O4S2. The third kappa shape index (κ3) is 3.79. The van der Waals surface area contributed by atoms with Crippen LogP contribution in [0.5, 0.6) is 0 Å². The second-order valence-electron chi connectivity index (χ2n) is 7.06. The maximum absolute atomic E-state index is 13.2. The Labute approximate surface area is 177 Å². The highest BCUT2D eigenvalue weighted by atomic mass is 32.2. The minimum atomic E-state index is -0.529. The first-order chi connectivity index (χ1) is 14.0. The summed E-state index contributed by atoms with van der Waals surface area (Å²) in [6.45, 7) is 2.00. The van der Waals surface area contributed by atoms with Gasteiger partial charge >= 0.3 is 5.97 Å². The van der Waals surface area contributed by atoms with Crippen molar-refractivity contribution in [1.82, 2.24) is 0 Å². The topological polar surface area (TPSA) is 89.7 Å². The Kier molecular flexibility index (Phi) is 5.65. The molecule has 2 amide bonds. The number of imide groups is 1. The summed E-state index contributed by atoms with van der Waals surface area (Å²) in [6.07, 6.45) is 3.78. The lowest BCUT2D eigenvalue weighted by Crippen LogP contribution is -2.32. The molecule has 0 spiro atoms. The molecule has 1 aromatic carbocycles. The molecule has 0 bridgehead atoms. The zero-order chi connectivity index (χ0) is 20.5. The van der Waals surface area contributed by atoms with Crippen molar-refractivity contribution in [2.75, 3.05) is 17.2 Å². The number of thiophene rings is 1. The Bertz CT molecular complexity index is 985. The second kappa shape index (κ2) is 8.20. The van der Waals surface area contributed by atoms with Gasteiger partial charge in [0.2, 0.25) is 11.8 Å². The molecule has 1 fully saturated rings. The molecule has 1 aliphatic carbocycles. The predicted octanol–water partition coefficient (Wildman–Crippen LogP) is 3.81. The van der Waals surface area contributed by atoms with Crippen LogP contribution in [0.3, 0.4) is 0 Å². The van der Waals surface area contributed by atoms with Gasteiger partial charge in [-0.05, 0) is 56.4 Å². The van der Waals surface area contributed by atoms with E-state index in [0.29, 0.717) is 16.3 Å². The van der Waals surface area contributed by atoms with E-state index in [1.54, 1.807) is 19.1 Å². The molecule has 2 aliphatic rings. The third-order valence-electron chi connectivity index (χ3n) is 5.08. The number of benzene rings is 1.